The number of nitrogens with zero attached hydrogens (tertiary/aromatic N) is 2. The molecule has 1 aliphatic heterocycles. The molecule has 0 spiro atoms. The summed E-state index contributed by atoms with van der Waals surface area (Å²) < 4.78 is 10.5. The van der Waals surface area contributed by atoms with E-state index in [-0.39, 0.29) is 5.97 Å². The number of hydrogen-bond acceptors (Lipinski definition) is 6. The van der Waals surface area contributed by atoms with Gasteiger partial charge in [0.05, 0.1) is 18.4 Å². The molecule has 2 rings (SSSR count). The van der Waals surface area contributed by atoms with Gasteiger partial charge in [-0.25, -0.2) is 4.98 Å². The van der Waals surface area contributed by atoms with E-state index in [1.807, 2.05) is 26.2 Å². The largest absolute Gasteiger partial charge is 0.465 e. The molecule has 1 aliphatic rings. The zero-order valence-electron chi connectivity index (χ0n) is 13.2. The summed E-state index contributed by atoms with van der Waals surface area (Å²) in [4.78, 5) is 19.0. The minimum atomic E-state index is -0.699. The SMILES string of the molecule is CCOC(=O)C(C)(C)c1csc(N2CCC(OC)CC2)n1. The average molecular weight is 312 g/mol. The number of ether oxygens (including phenoxy) is 2. The van der Waals surface area contributed by atoms with Crippen molar-refractivity contribution in [3.63, 3.8) is 0 Å². The molecule has 0 amide bonds. The van der Waals surface area contributed by atoms with Crippen LogP contribution in [0.1, 0.15) is 39.3 Å². The Kier molecular flexibility index (Phi) is 5.22. The first-order chi connectivity index (χ1) is 9.98. The van der Waals surface area contributed by atoms with Crippen LogP contribution in [0.25, 0.3) is 0 Å². The lowest BCUT2D eigenvalue weighted by Gasteiger charge is -2.31. The van der Waals surface area contributed by atoms with Crippen molar-refractivity contribution >= 4 is 22.4 Å². The molecule has 2 heterocycles. The smallest absolute Gasteiger partial charge is 0.317 e. The van der Waals surface area contributed by atoms with Gasteiger partial charge in [-0.05, 0) is 33.6 Å². The molecule has 21 heavy (non-hydrogen) atoms. The topological polar surface area (TPSA) is 51.7 Å². The van der Waals surface area contributed by atoms with Gasteiger partial charge in [0.2, 0.25) is 0 Å². The summed E-state index contributed by atoms with van der Waals surface area (Å²) in [7, 11) is 1.77. The molecule has 0 unspecified atom stereocenters. The zero-order chi connectivity index (χ0) is 15.5. The molecule has 0 atom stereocenters. The quantitative estimate of drug-likeness (QED) is 0.782. The maximum absolute atomic E-state index is 12.0. The summed E-state index contributed by atoms with van der Waals surface area (Å²) in [6.07, 6.45) is 2.40. The zero-order valence-corrected chi connectivity index (χ0v) is 14.0. The van der Waals surface area contributed by atoms with E-state index < -0.39 is 5.41 Å². The number of esters is 1. The number of aromatic nitrogens is 1. The van der Waals surface area contributed by atoms with Gasteiger partial charge < -0.3 is 14.4 Å². The minimum absolute atomic E-state index is 0.222. The third-order valence-electron chi connectivity index (χ3n) is 3.96. The van der Waals surface area contributed by atoms with Crippen LogP contribution in [-0.4, -0.2) is 43.9 Å². The average Bonchev–Trinajstić information content (AvgIpc) is 2.98. The first kappa shape index (κ1) is 16.2. The van der Waals surface area contributed by atoms with Crippen molar-refractivity contribution < 1.29 is 14.3 Å². The van der Waals surface area contributed by atoms with Gasteiger partial charge in [-0.3, -0.25) is 4.79 Å². The third-order valence-corrected chi connectivity index (χ3v) is 4.87. The Morgan fingerprint density at radius 3 is 2.71 bits per heavy atom. The summed E-state index contributed by atoms with van der Waals surface area (Å²) in [5.41, 5.74) is 0.0881. The number of methoxy groups -OCH3 is 1. The van der Waals surface area contributed by atoms with E-state index in [2.05, 4.69) is 9.88 Å². The van der Waals surface area contributed by atoms with E-state index in [4.69, 9.17) is 9.47 Å². The molecule has 1 fully saturated rings. The third kappa shape index (κ3) is 3.55. The van der Waals surface area contributed by atoms with Gasteiger partial charge in [0.1, 0.15) is 5.41 Å². The van der Waals surface area contributed by atoms with Crippen molar-refractivity contribution in [1.29, 1.82) is 0 Å². The molecule has 0 radical (unpaired) electrons. The second kappa shape index (κ2) is 6.75. The normalized spacial score (nSPS) is 17.0. The molecule has 1 saturated heterocycles. The molecule has 0 aromatic carbocycles. The highest BCUT2D eigenvalue weighted by molar-refractivity contribution is 7.13. The van der Waals surface area contributed by atoms with Crippen LogP contribution in [-0.2, 0) is 19.7 Å². The van der Waals surface area contributed by atoms with Gasteiger partial charge in [-0.1, -0.05) is 0 Å². The molecular formula is C15H24N2O3S. The van der Waals surface area contributed by atoms with E-state index in [0.717, 1.165) is 36.8 Å². The predicted octanol–water partition coefficient (Wildman–Crippen LogP) is 2.60. The highest BCUT2D eigenvalue weighted by Crippen LogP contribution is 2.31. The second-order valence-electron chi connectivity index (χ2n) is 5.78. The predicted molar refractivity (Wildman–Crippen MR) is 84.0 cm³/mol. The molecule has 6 heteroatoms. The minimum Gasteiger partial charge on any atom is -0.465 e. The number of hydrogen-bond donors (Lipinski definition) is 0. The first-order valence-corrected chi connectivity index (χ1v) is 8.28. The highest BCUT2D eigenvalue weighted by Gasteiger charge is 2.34. The summed E-state index contributed by atoms with van der Waals surface area (Å²) in [5, 5.41) is 2.95. The van der Waals surface area contributed by atoms with Crippen LogP contribution in [0.15, 0.2) is 5.38 Å². The molecule has 0 aliphatic carbocycles. The lowest BCUT2D eigenvalue weighted by molar-refractivity contribution is -0.148. The fourth-order valence-corrected chi connectivity index (χ4v) is 3.44. The van der Waals surface area contributed by atoms with Crippen molar-refractivity contribution in [2.45, 2.75) is 45.1 Å². The molecule has 0 N–H and O–H groups in total. The molecule has 1 aromatic rings. The molecule has 118 valence electrons. The Balaban J connectivity index is 2.06. The van der Waals surface area contributed by atoms with Crippen molar-refractivity contribution in [1.82, 2.24) is 4.98 Å². The van der Waals surface area contributed by atoms with Crippen molar-refractivity contribution in [2.24, 2.45) is 0 Å². The van der Waals surface area contributed by atoms with E-state index in [9.17, 15) is 4.79 Å². The first-order valence-electron chi connectivity index (χ1n) is 7.40. The van der Waals surface area contributed by atoms with Crippen LogP contribution >= 0.6 is 11.3 Å². The Bertz CT molecular complexity index is 479. The highest BCUT2D eigenvalue weighted by atomic mass is 32.1. The van der Waals surface area contributed by atoms with Crippen LogP contribution in [0.5, 0.6) is 0 Å². The number of piperidine rings is 1. The van der Waals surface area contributed by atoms with Gasteiger partial charge >= 0.3 is 5.97 Å². The number of carbonyl (C=O) groups is 1. The monoisotopic (exact) mass is 312 g/mol. The van der Waals surface area contributed by atoms with E-state index in [1.54, 1.807) is 18.4 Å². The van der Waals surface area contributed by atoms with Gasteiger partial charge in [0, 0.05) is 25.6 Å². The van der Waals surface area contributed by atoms with Crippen molar-refractivity contribution in [3.8, 4) is 0 Å². The van der Waals surface area contributed by atoms with Crippen LogP contribution in [0.3, 0.4) is 0 Å². The lowest BCUT2D eigenvalue weighted by Crippen LogP contribution is -2.37. The Morgan fingerprint density at radius 2 is 2.14 bits per heavy atom. The van der Waals surface area contributed by atoms with E-state index >= 15 is 0 Å². The number of rotatable bonds is 5. The summed E-state index contributed by atoms with van der Waals surface area (Å²) in [6, 6.07) is 0. The van der Waals surface area contributed by atoms with Gasteiger partial charge in [-0.15, -0.1) is 11.3 Å². The fraction of sp³-hybridized carbons (Fsp3) is 0.733. The van der Waals surface area contributed by atoms with Crippen LogP contribution in [0.4, 0.5) is 5.13 Å². The van der Waals surface area contributed by atoms with E-state index in [0.29, 0.717) is 12.7 Å². The number of carbonyl (C=O) groups excluding carboxylic acids is 1. The van der Waals surface area contributed by atoms with Crippen molar-refractivity contribution in [2.75, 3.05) is 31.7 Å². The Labute approximate surface area is 130 Å². The molecular weight excluding hydrogens is 288 g/mol. The van der Waals surface area contributed by atoms with Gasteiger partial charge in [0.15, 0.2) is 5.13 Å². The number of thiazole rings is 1. The molecule has 5 nitrogen and oxygen atoms in total. The van der Waals surface area contributed by atoms with Crippen LogP contribution < -0.4 is 4.90 Å². The summed E-state index contributed by atoms with van der Waals surface area (Å²) in [5.74, 6) is -0.222. The number of anilines is 1. The summed E-state index contributed by atoms with van der Waals surface area (Å²) in [6.45, 7) is 7.84. The maximum atomic E-state index is 12.0. The molecule has 0 bridgehead atoms. The van der Waals surface area contributed by atoms with Gasteiger partial charge in [0.25, 0.3) is 0 Å². The second-order valence-corrected chi connectivity index (χ2v) is 6.62. The maximum Gasteiger partial charge on any atom is 0.317 e. The van der Waals surface area contributed by atoms with Crippen LogP contribution in [0, 0.1) is 0 Å². The Hall–Kier alpha value is -1.14. The van der Waals surface area contributed by atoms with Crippen LogP contribution in [0.2, 0.25) is 0 Å². The van der Waals surface area contributed by atoms with Gasteiger partial charge in [-0.2, -0.15) is 0 Å². The van der Waals surface area contributed by atoms with E-state index in [1.165, 1.54) is 0 Å². The molecule has 1 aromatic heterocycles. The Morgan fingerprint density at radius 1 is 1.48 bits per heavy atom. The summed E-state index contributed by atoms with van der Waals surface area (Å²) >= 11 is 1.59. The lowest BCUT2D eigenvalue weighted by atomic mass is 9.90. The molecule has 0 saturated carbocycles. The van der Waals surface area contributed by atoms with Crippen molar-refractivity contribution in [3.05, 3.63) is 11.1 Å². The fourth-order valence-electron chi connectivity index (χ4n) is 2.40. The standard InChI is InChI=1S/C15H24N2O3S/c1-5-20-13(18)15(2,3)12-10-21-14(16-12)17-8-6-11(19-4)7-9-17/h10-11H,5-9H2,1-4H3.